The average molecular weight is 388 g/mol. The molecule has 0 spiro atoms. The van der Waals surface area contributed by atoms with Crippen molar-refractivity contribution in [2.24, 2.45) is 5.92 Å². The number of ether oxygens (including phenoxy) is 2. The first-order chi connectivity index (χ1) is 13.0. The van der Waals surface area contributed by atoms with Crippen molar-refractivity contribution in [3.63, 3.8) is 0 Å². The van der Waals surface area contributed by atoms with Crippen LogP contribution in [0.25, 0.3) is 0 Å². The summed E-state index contributed by atoms with van der Waals surface area (Å²) in [6, 6.07) is 5.39. The second-order valence-corrected chi connectivity index (χ2v) is 7.83. The molecule has 0 aliphatic carbocycles. The highest BCUT2D eigenvalue weighted by molar-refractivity contribution is 7.15. The molecule has 1 aromatic carbocycles. The highest BCUT2D eigenvalue weighted by Crippen LogP contribution is 2.36. The minimum atomic E-state index is -0.433. The van der Waals surface area contributed by atoms with E-state index in [1.54, 1.807) is 17.0 Å². The number of benzene rings is 1. The SMILES string of the molecule is CC(C)c1nnc(NC(=O)[C@H]2CC(=O)N(c3ccc4c(c3)OCCO4)C2)s1. The summed E-state index contributed by atoms with van der Waals surface area (Å²) in [5.74, 6) is 0.809. The zero-order valence-electron chi connectivity index (χ0n) is 15.1. The lowest BCUT2D eigenvalue weighted by molar-refractivity contribution is -0.122. The normalized spacial score (nSPS) is 18.9. The fourth-order valence-corrected chi connectivity index (χ4v) is 3.81. The second kappa shape index (κ2) is 7.15. The van der Waals surface area contributed by atoms with Gasteiger partial charge in [-0.25, -0.2) is 0 Å². The van der Waals surface area contributed by atoms with Crippen molar-refractivity contribution in [1.29, 1.82) is 0 Å². The first-order valence-electron chi connectivity index (χ1n) is 8.85. The van der Waals surface area contributed by atoms with Gasteiger partial charge in [-0.3, -0.25) is 9.59 Å². The van der Waals surface area contributed by atoms with E-state index in [9.17, 15) is 9.59 Å². The molecule has 1 saturated heterocycles. The van der Waals surface area contributed by atoms with Gasteiger partial charge in [-0.05, 0) is 12.1 Å². The number of carbonyl (C=O) groups is 2. The van der Waals surface area contributed by atoms with Crippen molar-refractivity contribution in [2.45, 2.75) is 26.2 Å². The predicted octanol–water partition coefficient (Wildman–Crippen LogP) is 2.42. The summed E-state index contributed by atoms with van der Waals surface area (Å²) >= 11 is 1.36. The van der Waals surface area contributed by atoms with Gasteiger partial charge in [0.2, 0.25) is 16.9 Å². The highest BCUT2D eigenvalue weighted by Gasteiger charge is 2.36. The monoisotopic (exact) mass is 388 g/mol. The van der Waals surface area contributed by atoms with Gasteiger partial charge in [0, 0.05) is 30.6 Å². The van der Waals surface area contributed by atoms with Crippen LogP contribution in [0.2, 0.25) is 0 Å². The molecule has 1 N–H and O–H groups in total. The van der Waals surface area contributed by atoms with Gasteiger partial charge in [-0.1, -0.05) is 25.2 Å². The number of nitrogens with zero attached hydrogens (tertiary/aromatic N) is 3. The Morgan fingerprint density at radius 2 is 2.04 bits per heavy atom. The third-order valence-corrected chi connectivity index (χ3v) is 5.64. The third kappa shape index (κ3) is 3.59. The Bertz CT molecular complexity index is 882. The molecule has 142 valence electrons. The van der Waals surface area contributed by atoms with E-state index in [1.165, 1.54) is 11.3 Å². The summed E-state index contributed by atoms with van der Waals surface area (Å²) < 4.78 is 11.1. The first kappa shape index (κ1) is 17.7. The number of nitrogens with one attached hydrogen (secondary N) is 1. The van der Waals surface area contributed by atoms with E-state index >= 15 is 0 Å². The highest BCUT2D eigenvalue weighted by atomic mass is 32.1. The summed E-state index contributed by atoms with van der Waals surface area (Å²) in [7, 11) is 0. The number of hydrogen-bond donors (Lipinski definition) is 1. The van der Waals surface area contributed by atoms with Crippen molar-refractivity contribution in [3.05, 3.63) is 23.2 Å². The molecule has 2 amide bonds. The lowest BCUT2D eigenvalue weighted by Gasteiger charge is -2.22. The standard InChI is InChI=1S/C18H20N4O4S/c1-10(2)17-20-21-18(27-17)19-16(24)11-7-15(23)22(9-11)12-3-4-13-14(8-12)26-6-5-25-13/h3-4,8,10-11H,5-7,9H2,1-2H3,(H,19,21,24)/t11-/m0/s1. The Morgan fingerprint density at radius 1 is 1.26 bits per heavy atom. The molecule has 27 heavy (non-hydrogen) atoms. The van der Waals surface area contributed by atoms with Gasteiger partial charge in [0.25, 0.3) is 0 Å². The Balaban J connectivity index is 1.44. The van der Waals surface area contributed by atoms with Crippen LogP contribution in [-0.4, -0.2) is 41.8 Å². The van der Waals surface area contributed by atoms with E-state index in [0.717, 1.165) is 5.01 Å². The molecule has 2 aliphatic heterocycles. The Morgan fingerprint density at radius 3 is 2.78 bits per heavy atom. The molecule has 0 unspecified atom stereocenters. The van der Waals surface area contributed by atoms with Crippen LogP contribution in [0.3, 0.4) is 0 Å². The van der Waals surface area contributed by atoms with E-state index < -0.39 is 5.92 Å². The summed E-state index contributed by atoms with van der Waals surface area (Å²) in [6.07, 6.45) is 0.163. The number of fused-ring (bicyclic) bond motifs is 1. The van der Waals surface area contributed by atoms with Crippen molar-refractivity contribution in [1.82, 2.24) is 10.2 Å². The number of carbonyl (C=O) groups excluding carboxylic acids is 2. The number of hydrogen-bond acceptors (Lipinski definition) is 7. The molecule has 2 aromatic rings. The number of aromatic nitrogens is 2. The van der Waals surface area contributed by atoms with Crippen LogP contribution in [0.1, 0.15) is 31.2 Å². The fraction of sp³-hybridized carbons (Fsp3) is 0.444. The van der Waals surface area contributed by atoms with Crippen molar-refractivity contribution < 1.29 is 19.1 Å². The predicted molar refractivity (Wildman–Crippen MR) is 101 cm³/mol. The molecule has 0 radical (unpaired) electrons. The summed E-state index contributed by atoms with van der Waals surface area (Å²) in [4.78, 5) is 26.6. The fourth-order valence-electron chi connectivity index (χ4n) is 3.06. The number of anilines is 2. The van der Waals surface area contributed by atoms with Crippen LogP contribution < -0.4 is 19.7 Å². The maximum absolute atomic E-state index is 12.6. The molecule has 0 bridgehead atoms. The van der Waals surface area contributed by atoms with Crippen LogP contribution in [0, 0.1) is 5.92 Å². The van der Waals surface area contributed by atoms with Gasteiger partial charge in [-0.2, -0.15) is 0 Å². The first-order valence-corrected chi connectivity index (χ1v) is 9.67. The van der Waals surface area contributed by atoms with E-state index in [0.29, 0.717) is 42.1 Å². The molecule has 0 saturated carbocycles. The van der Waals surface area contributed by atoms with Gasteiger partial charge in [0.1, 0.15) is 18.2 Å². The molecular weight excluding hydrogens is 368 g/mol. The van der Waals surface area contributed by atoms with Gasteiger partial charge >= 0.3 is 0 Å². The molecule has 2 aliphatic rings. The van der Waals surface area contributed by atoms with Crippen LogP contribution in [-0.2, 0) is 9.59 Å². The maximum atomic E-state index is 12.6. The Kier molecular flexibility index (Phi) is 4.69. The van der Waals surface area contributed by atoms with Crippen molar-refractivity contribution in [2.75, 3.05) is 30.0 Å². The molecule has 8 nitrogen and oxygen atoms in total. The maximum Gasteiger partial charge on any atom is 0.231 e. The zero-order chi connectivity index (χ0) is 19.0. The van der Waals surface area contributed by atoms with Gasteiger partial charge < -0.3 is 19.7 Å². The van der Waals surface area contributed by atoms with E-state index in [-0.39, 0.29) is 24.2 Å². The molecule has 4 rings (SSSR count). The minimum absolute atomic E-state index is 0.0908. The van der Waals surface area contributed by atoms with Crippen LogP contribution in [0.4, 0.5) is 10.8 Å². The second-order valence-electron chi connectivity index (χ2n) is 6.82. The topological polar surface area (TPSA) is 93.7 Å². The zero-order valence-corrected chi connectivity index (χ0v) is 15.9. The van der Waals surface area contributed by atoms with Gasteiger partial charge in [0.15, 0.2) is 11.5 Å². The smallest absolute Gasteiger partial charge is 0.231 e. The van der Waals surface area contributed by atoms with Gasteiger partial charge in [-0.15, -0.1) is 10.2 Å². The van der Waals surface area contributed by atoms with Crippen molar-refractivity contribution >= 4 is 34.0 Å². The lowest BCUT2D eigenvalue weighted by atomic mass is 10.1. The molecule has 1 aromatic heterocycles. The lowest BCUT2D eigenvalue weighted by Crippen LogP contribution is -2.28. The Hall–Kier alpha value is -2.68. The minimum Gasteiger partial charge on any atom is -0.486 e. The molecule has 3 heterocycles. The summed E-state index contributed by atoms with van der Waals surface area (Å²) in [5.41, 5.74) is 0.706. The van der Waals surface area contributed by atoms with E-state index in [1.807, 2.05) is 19.9 Å². The molecule has 1 fully saturated rings. The van der Waals surface area contributed by atoms with Crippen LogP contribution in [0.5, 0.6) is 11.5 Å². The Labute approximate surface area is 160 Å². The quantitative estimate of drug-likeness (QED) is 0.865. The summed E-state index contributed by atoms with van der Waals surface area (Å²) in [6.45, 7) is 5.36. The summed E-state index contributed by atoms with van der Waals surface area (Å²) in [5, 5.41) is 12.2. The molecule has 9 heteroatoms. The molecule has 1 atom stereocenters. The van der Waals surface area contributed by atoms with E-state index in [4.69, 9.17) is 9.47 Å². The number of rotatable bonds is 4. The average Bonchev–Trinajstić information content (AvgIpc) is 3.28. The number of amides is 2. The molecular formula is C18H20N4O4S. The third-order valence-electron chi connectivity index (χ3n) is 4.50. The van der Waals surface area contributed by atoms with Gasteiger partial charge in [0.05, 0.1) is 5.92 Å². The van der Waals surface area contributed by atoms with Crippen LogP contribution in [0.15, 0.2) is 18.2 Å². The van der Waals surface area contributed by atoms with E-state index in [2.05, 4.69) is 15.5 Å². The van der Waals surface area contributed by atoms with Crippen LogP contribution >= 0.6 is 11.3 Å². The largest absolute Gasteiger partial charge is 0.486 e. The van der Waals surface area contributed by atoms with Crippen molar-refractivity contribution in [3.8, 4) is 11.5 Å².